The van der Waals surface area contributed by atoms with E-state index in [1.807, 2.05) is 0 Å². The molecule has 2 aromatic rings. The van der Waals surface area contributed by atoms with E-state index < -0.39 is 17.4 Å². The highest BCUT2D eigenvalue weighted by Gasteiger charge is 2.32. The zero-order valence-electron chi connectivity index (χ0n) is 16.0. The van der Waals surface area contributed by atoms with Gasteiger partial charge in [0.05, 0.1) is 19.9 Å². The Hall–Kier alpha value is -3.03. The maximum Gasteiger partial charge on any atom is 0.330 e. The van der Waals surface area contributed by atoms with Gasteiger partial charge in [-0.2, -0.15) is 0 Å². The molecule has 1 aromatic heterocycles. The van der Waals surface area contributed by atoms with E-state index in [0.29, 0.717) is 23.8 Å². The van der Waals surface area contributed by atoms with Crippen LogP contribution in [0.4, 0.5) is 4.39 Å². The van der Waals surface area contributed by atoms with Gasteiger partial charge in [0.1, 0.15) is 22.7 Å². The van der Waals surface area contributed by atoms with Gasteiger partial charge in [0.25, 0.3) is 5.91 Å². The number of carbonyl (C=O) groups excluding carboxylic acids is 2. The van der Waals surface area contributed by atoms with Crippen molar-refractivity contribution in [3.8, 4) is 17.1 Å². The van der Waals surface area contributed by atoms with E-state index in [0.717, 1.165) is 12.8 Å². The molecule has 1 heterocycles. The molecule has 8 heteroatoms. The number of hydrogen-bond donors (Lipinski definition) is 1. The summed E-state index contributed by atoms with van der Waals surface area (Å²) >= 11 is 0. The van der Waals surface area contributed by atoms with E-state index >= 15 is 0 Å². The van der Waals surface area contributed by atoms with Crippen molar-refractivity contribution in [3.63, 3.8) is 0 Å². The number of aromatic nitrogens is 2. The summed E-state index contributed by atoms with van der Waals surface area (Å²) in [5.74, 6) is -0.767. The lowest BCUT2D eigenvalue weighted by atomic mass is 10.1. The quantitative estimate of drug-likeness (QED) is 0.735. The van der Waals surface area contributed by atoms with Gasteiger partial charge in [0, 0.05) is 5.56 Å². The minimum atomic E-state index is -1.23. The molecule has 1 N–H and O–H groups in total. The number of nitrogens with zero attached hydrogens (tertiary/aromatic N) is 2. The molecule has 3 rings (SSSR count). The predicted molar refractivity (Wildman–Crippen MR) is 99.2 cm³/mol. The predicted octanol–water partition coefficient (Wildman–Crippen LogP) is 2.75. The first kappa shape index (κ1) is 19.7. The van der Waals surface area contributed by atoms with Crippen molar-refractivity contribution in [2.45, 2.75) is 32.2 Å². The number of carbonyl (C=O) groups is 2. The fraction of sp³-hybridized carbons (Fsp3) is 0.400. The number of rotatable bonds is 7. The molecule has 1 aliphatic rings. The molecule has 1 aliphatic carbocycles. The van der Waals surface area contributed by atoms with Gasteiger partial charge in [-0.25, -0.2) is 19.2 Å². The second kappa shape index (κ2) is 7.92. The highest BCUT2D eigenvalue weighted by atomic mass is 19.1. The Morgan fingerprint density at radius 1 is 1.25 bits per heavy atom. The SMILES string of the molecule is COC(=O)C(C)(C)NC(=O)c1cnc(OCC2CC2)c(-c2ccc(F)cc2)n1. The van der Waals surface area contributed by atoms with Gasteiger partial charge in [-0.1, -0.05) is 0 Å². The fourth-order valence-electron chi connectivity index (χ4n) is 2.52. The van der Waals surface area contributed by atoms with Gasteiger partial charge in [-0.15, -0.1) is 0 Å². The van der Waals surface area contributed by atoms with Crippen molar-refractivity contribution in [1.82, 2.24) is 15.3 Å². The molecule has 148 valence electrons. The molecule has 1 saturated carbocycles. The summed E-state index contributed by atoms with van der Waals surface area (Å²) in [4.78, 5) is 33.0. The summed E-state index contributed by atoms with van der Waals surface area (Å²) in [5.41, 5.74) is -0.314. The van der Waals surface area contributed by atoms with Crippen LogP contribution in [0.5, 0.6) is 5.88 Å². The van der Waals surface area contributed by atoms with Gasteiger partial charge in [0.15, 0.2) is 0 Å². The maximum atomic E-state index is 13.3. The highest BCUT2D eigenvalue weighted by molar-refractivity contribution is 5.96. The molecule has 0 saturated heterocycles. The lowest BCUT2D eigenvalue weighted by Crippen LogP contribution is -2.50. The maximum absolute atomic E-state index is 13.3. The normalized spacial score (nSPS) is 13.7. The molecule has 0 atom stereocenters. The Bertz CT molecular complexity index is 880. The molecule has 28 heavy (non-hydrogen) atoms. The summed E-state index contributed by atoms with van der Waals surface area (Å²) in [6, 6.07) is 5.69. The standard InChI is InChI=1S/C20H22FN3O4/c1-20(2,19(26)27-3)24-17(25)15-10-22-18(28-11-12-4-5-12)16(23-15)13-6-8-14(21)9-7-13/h6-10,12H,4-5,11H2,1-3H3,(H,24,25). The fourth-order valence-corrected chi connectivity index (χ4v) is 2.52. The van der Waals surface area contributed by atoms with E-state index in [2.05, 4.69) is 15.3 Å². The number of nitrogens with one attached hydrogen (secondary N) is 1. The van der Waals surface area contributed by atoms with Crippen LogP contribution in [0.25, 0.3) is 11.3 Å². The number of hydrogen-bond acceptors (Lipinski definition) is 6. The van der Waals surface area contributed by atoms with Crippen LogP contribution in [0.2, 0.25) is 0 Å². The van der Waals surface area contributed by atoms with Gasteiger partial charge in [0.2, 0.25) is 5.88 Å². The first-order valence-corrected chi connectivity index (χ1v) is 8.97. The summed E-state index contributed by atoms with van der Waals surface area (Å²) in [7, 11) is 1.24. The largest absolute Gasteiger partial charge is 0.476 e. The van der Waals surface area contributed by atoms with Crippen LogP contribution in [0.15, 0.2) is 30.5 Å². The van der Waals surface area contributed by atoms with E-state index in [4.69, 9.17) is 9.47 Å². The molecule has 0 radical (unpaired) electrons. The molecule has 1 amide bonds. The van der Waals surface area contributed by atoms with Gasteiger partial charge in [-0.05, 0) is 56.9 Å². The topological polar surface area (TPSA) is 90.4 Å². The third kappa shape index (κ3) is 4.62. The van der Waals surface area contributed by atoms with Crippen LogP contribution in [-0.2, 0) is 9.53 Å². The number of ether oxygens (including phenoxy) is 2. The van der Waals surface area contributed by atoms with E-state index in [-0.39, 0.29) is 17.4 Å². The van der Waals surface area contributed by atoms with Crippen LogP contribution in [0.1, 0.15) is 37.2 Å². The van der Waals surface area contributed by atoms with Crippen molar-refractivity contribution in [2.75, 3.05) is 13.7 Å². The van der Waals surface area contributed by atoms with Crippen molar-refractivity contribution in [1.29, 1.82) is 0 Å². The van der Waals surface area contributed by atoms with Crippen LogP contribution >= 0.6 is 0 Å². The van der Waals surface area contributed by atoms with Crippen LogP contribution in [-0.4, -0.2) is 41.1 Å². The van der Waals surface area contributed by atoms with Crippen molar-refractivity contribution >= 4 is 11.9 Å². The lowest BCUT2D eigenvalue weighted by Gasteiger charge is -2.22. The Morgan fingerprint density at radius 2 is 1.93 bits per heavy atom. The minimum absolute atomic E-state index is 0.00933. The monoisotopic (exact) mass is 387 g/mol. The molecule has 0 spiro atoms. The molecule has 0 bridgehead atoms. The van der Waals surface area contributed by atoms with Gasteiger partial charge in [-0.3, -0.25) is 4.79 Å². The van der Waals surface area contributed by atoms with Gasteiger partial charge < -0.3 is 14.8 Å². The smallest absolute Gasteiger partial charge is 0.330 e. The number of halogens is 1. The molecular formula is C20H22FN3O4. The number of esters is 1. The Labute approximate surface area is 162 Å². The zero-order chi connectivity index (χ0) is 20.3. The lowest BCUT2D eigenvalue weighted by molar-refractivity contribution is -0.146. The van der Waals surface area contributed by atoms with Crippen molar-refractivity contribution in [2.24, 2.45) is 5.92 Å². The Balaban J connectivity index is 1.89. The molecule has 0 unspecified atom stereocenters. The number of methoxy groups -OCH3 is 1. The second-order valence-electron chi connectivity index (χ2n) is 7.24. The average molecular weight is 387 g/mol. The van der Waals surface area contributed by atoms with Crippen molar-refractivity contribution < 1.29 is 23.5 Å². The van der Waals surface area contributed by atoms with Gasteiger partial charge >= 0.3 is 5.97 Å². The third-order valence-electron chi connectivity index (χ3n) is 4.36. The highest BCUT2D eigenvalue weighted by Crippen LogP contribution is 2.32. The molecule has 7 nitrogen and oxygen atoms in total. The van der Waals surface area contributed by atoms with E-state index in [1.54, 1.807) is 12.1 Å². The molecule has 1 aromatic carbocycles. The minimum Gasteiger partial charge on any atom is -0.476 e. The van der Waals surface area contributed by atoms with E-state index in [9.17, 15) is 14.0 Å². The van der Waals surface area contributed by atoms with E-state index in [1.165, 1.54) is 39.3 Å². The van der Waals surface area contributed by atoms with Crippen LogP contribution in [0.3, 0.4) is 0 Å². The summed E-state index contributed by atoms with van der Waals surface area (Å²) in [5, 5.41) is 2.57. The molecule has 1 fully saturated rings. The summed E-state index contributed by atoms with van der Waals surface area (Å²) < 4.78 is 23.7. The van der Waals surface area contributed by atoms with Crippen LogP contribution < -0.4 is 10.1 Å². The molecular weight excluding hydrogens is 365 g/mol. The average Bonchev–Trinajstić information content (AvgIpc) is 3.50. The summed E-state index contributed by atoms with van der Waals surface area (Å²) in [6.45, 7) is 3.57. The Kier molecular flexibility index (Phi) is 5.58. The third-order valence-corrected chi connectivity index (χ3v) is 4.36. The van der Waals surface area contributed by atoms with Crippen LogP contribution in [0, 0.1) is 11.7 Å². The zero-order valence-corrected chi connectivity index (χ0v) is 16.0. The summed E-state index contributed by atoms with van der Waals surface area (Å²) in [6.07, 6.45) is 3.52. The molecule has 0 aliphatic heterocycles. The first-order valence-electron chi connectivity index (χ1n) is 8.97. The second-order valence-corrected chi connectivity index (χ2v) is 7.24. The first-order chi connectivity index (χ1) is 13.3. The number of amides is 1. The Morgan fingerprint density at radius 3 is 2.54 bits per heavy atom. The van der Waals surface area contributed by atoms with Crippen molar-refractivity contribution in [3.05, 3.63) is 42.0 Å². The number of benzene rings is 1.